The van der Waals surface area contributed by atoms with Crippen LogP contribution in [0.5, 0.6) is 0 Å². The fourth-order valence-corrected chi connectivity index (χ4v) is 3.06. The van der Waals surface area contributed by atoms with Crippen molar-refractivity contribution in [2.75, 3.05) is 5.75 Å². The molecule has 1 aliphatic rings. The molecule has 1 N–H and O–H groups in total. The van der Waals surface area contributed by atoms with E-state index < -0.39 is 5.97 Å². The normalized spacial score (nSPS) is 18.6. The van der Waals surface area contributed by atoms with Gasteiger partial charge in [0.2, 0.25) is 0 Å². The number of carboxylic acid groups (broad SMARTS) is 1. The molecule has 0 saturated heterocycles. The largest absolute Gasteiger partial charge is 0.478 e. The molecule has 1 aromatic carbocycles. The number of carboxylic acids is 1. The van der Waals surface area contributed by atoms with Crippen molar-refractivity contribution in [2.24, 2.45) is 0 Å². The third kappa shape index (κ3) is 1.96. The molecular weight excluding hydrogens is 220 g/mol. The van der Waals surface area contributed by atoms with E-state index in [1.54, 1.807) is 12.1 Å². The lowest BCUT2D eigenvalue weighted by molar-refractivity contribution is 0.0697. The Bertz CT molecular complexity index is 377. The fourth-order valence-electron chi connectivity index (χ4n) is 2.56. The Morgan fingerprint density at radius 3 is 2.25 bits per heavy atom. The molecule has 1 aliphatic carbocycles. The molecule has 0 bridgehead atoms. The number of aromatic carboxylic acids is 1. The van der Waals surface area contributed by atoms with Crippen molar-refractivity contribution >= 4 is 18.6 Å². The lowest BCUT2D eigenvalue weighted by Gasteiger charge is -2.27. The molecule has 0 heterocycles. The quantitative estimate of drug-likeness (QED) is 0.791. The summed E-state index contributed by atoms with van der Waals surface area (Å²) in [6.07, 6.45) is 4.84. The summed E-state index contributed by atoms with van der Waals surface area (Å²) in [6, 6.07) is 7.29. The number of rotatable bonds is 3. The van der Waals surface area contributed by atoms with Gasteiger partial charge in [0.1, 0.15) is 0 Å². The Labute approximate surface area is 101 Å². The summed E-state index contributed by atoms with van der Waals surface area (Å²) in [7, 11) is 0. The van der Waals surface area contributed by atoms with Gasteiger partial charge in [0.25, 0.3) is 0 Å². The van der Waals surface area contributed by atoms with E-state index >= 15 is 0 Å². The summed E-state index contributed by atoms with van der Waals surface area (Å²) in [5.41, 5.74) is 1.78. The molecule has 1 aromatic rings. The number of thiol groups is 1. The van der Waals surface area contributed by atoms with Gasteiger partial charge in [-0.2, -0.15) is 12.6 Å². The zero-order valence-electron chi connectivity index (χ0n) is 9.15. The van der Waals surface area contributed by atoms with E-state index in [0.717, 1.165) is 5.75 Å². The first kappa shape index (κ1) is 11.5. The molecule has 0 atom stereocenters. The van der Waals surface area contributed by atoms with E-state index in [1.807, 2.05) is 12.1 Å². The maximum Gasteiger partial charge on any atom is 0.335 e. The number of carbonyl (C=O) groups is 1. The highest BCUT2D eigenvalue weighted by Gasteiger charge is 2.34. The Balaban J connectivity index is 2.29. The highest BCUT2D eigenvalue weighted by atomic mass is 32.1. The first-order valence-corrected chi connectivity index (χ1v) is 6.26. The summed E-state index contributed by atoms with van der Waals surface area (Å²) >= 11 is 4.46. The summed E-state index contributed by atoms with van der Waals surface area (Å²) < 4.78 is 0. The van der Waals surface area contributed by atoms with Crippen LogP contribution in [0.25, 0.3) is 0 Å². The van der Waals surface area contributed by atoms with Crippen LogP contribution >= 0.6 is 12.6 Å². The molecule has 0 radical (unpaired) electrons. The van der Waals surface area contributed by atoms with Crippen LogP contribution < -0.4 is 0 Å². The Kier molecular flexibility index (Phi) is 3.24. The zero-order valence-corrected chi connectivity index (χ0v) is 10.0. The molecule has 0 amide bonds. The molecular formula is C13H16O2S. The molecule has 86 valence electrons. The lowest BCUT2D eigenvalue weighted by atomic mass is 9.80. The Hall–Kier alpha value is -0.960. The maximum atomic E-state index is 10.8. The second-order valence-electron chi connectivity index (χ2n) is 4.53. The smallest absolute Gasteiger partial charge is 0.335 e. The predicted octanol–water partition coefficient (Wildman–Crippen LogP) is 3.13. The third-order valence-corrected chi connectivity index (χ3v) is 4.21. The monoisotopic (exact) mass is 236 g/mol. The molecule has 2 nitrogen and oxygen atoms in total. The van der Waals surface area contributed by atoms with Gasteiger partial charge in [-0.05, 0) is 36.3 Å². The Morgan fingerprint density at radius 2 is 1.81 bits per heavy atom. The average Bonchev–Trinajstić information content (AvgIpc) is 2.79. The van der Waals surface area contributed by atoms with E-state index in [2.05, 4.69) is 12.6 Å². The van der Waals surface area contributed by atoms with Crippen LogP contribution in [-0.4, -0.2) is 16.8 Å². The number of benzene rings is 1. The van der Waals surface area contributed by atoms with Crippen LogP contribution in [0.15, 0.2) is 24.3 Å². The number of hydrogen-bond donors (Lipinski definition) is 2. The molecule has 1 fully saturated rings. The topological polar surface area (TPSA) is 37.3 Å². The summed E-state index contributed by atoms with van der Waals surface area (Å²) in [6.45, 7) is 0. The summed E-state index contributed by atoms with van der Waals surface area (Å²) in [5, 5.41) is 8.85. The van der Waals surface area contributed by atoms with Crippen molar-refractivity contribution in [1.82, 2.24) is 0 Å². The van der Waals surface area contributed by atoms with Crippen molar-refractivity contribution in [3.05, 3.63) is 35.4 Å². The van der Waals surface area contributed by atoms with E-state index in [-0.39, 0.29) is 5.41 Å². The first-order chi connectivity index (χ1) is 7.68. The molecule has 0 aromatic heterocycles. The molecule has 0 unspecified atom stereocenters. The number of hydrogen-bond acceptors (Lipinski definition) is 2. The molecule has 16 heavy (non-hydrogen) atoms. The van der Waals surface area contributed by atoms with Crippen molar-refractivity contribution in [3.63, 3.8) is 0 Å². The van der Waals surface area contributed by atoms with E-state index in [9.17, 15) is 4.79 Å². The van der Waals surface area contributed by atoms with E-state index in [4.69, 9.17) is 5.11 Å². The van der Waals surface area contributed by atoms with Crippen LogP contribution in [0.4, 0.5) is 0 Å². The van der Waals surface area contributed by atoms with Crippen LogP contribution in [0.2, 0.25) is 0 Å². The molecule has 0 aliphatic heterocycles. The lowest BCUT2D eigenvalue weighted by Crippen LogP contribution is -2.24. The van der Waals surface area contributed by atoms with Crippen molar-refractivity contribution < 1.29 is 9.90 Å². The Morgan fingerprint density at radius 1 is 1.25 bits per heavy atom. The fraction of sp³-hybridized carbons (Fsp3) is 0.462. The molecule has 3 heteroatoms. The highest BCUT2D eigenvalue weighted by molar-refractivity contribution is 7.80. The summed E-state index contributed by atoms with van der Waals surface area (Å²) in [4.78, 5) is 10.8. The van der Waals surface area contributed by atoms with Gasteiger partial charge >= 0.3 is 5.97 Å². The second kappa shape index (κ2) is 4.50. The van der Waals surface area contributed by atoms with E-state index in [0.29, 0.717) is 5.56 Å². The highest BCUT2D eigenvalue weighted by Crippen LogP contribution is 2.41. The van der Waals surface area contributed by atoms with Crippen molar-refractivity contribution in [2.45, 2.75) is 31.1 Å². The third-order valence-electron chi connectivity index (χ3n) is 3.61. The van der Waals surface area contributed by atoms with Crippen molar-refractivity contribution in [3.8, 4) is 0 Å². The van der Waals surface area contributed by atoms with Crippen LogP contribution in [-0.2, 0) is 5.41 Å². The van der Waals surface area contributed by atoms with Gasteiger partial charge in [-0.1, -0.05) is 25.0 Å². The van der Waals surface area contributed by atoms with Gasteiger partial charge < -0.3 is 5.11 Å². The minimum Gasteiger partial charge on any atom is -0.478 e. The first-order valence-electron chi connectivity index (χ1n) is 5.63. The standard InChI is InChI=1S/C13H16O2S/c14-12(15)10-3-5-11(6-4-10)13(9-16)7-1-2-8-13/h3-6,16H,1-2,7-9H2,(H,14,15). The van der Waals surface area contributed by atoms with Gasteiger partial charge in [-0.3, -0.25) is 0 Å². The van der Waals surface area contributed by atoms with Gasteiger partial charge in [0.05, 0.1) is 5.56 Å². The molecule has 2 rings (SSSR count). The van der Waals surface area contributed by atoms with Gasteiger partial charge in [0.15, 0.2) is 0 Å². The van der Waals surface area contributed by atoms with Gasteiger partial charge in [-0.15, -0.1) is 0 Å². The average molecular weight is 236 g/mol. The molecule has 0 spiro atoms. The van der Waals surface area contributed by atoms with E-state index in [1.165, 1.54) is 31.2 Å². The zero-order chi connectivity index (χ0) is 11.6. The predicted molar refractivity (Wildman–Crippen MR) is 67.4 cm³/mol. The molecule has 1 saturated carbocycles. The van der Waals surface area contributed by atoms with Crippen LogP contribution in [0.3, 0.4) is 0 Å². The second-order valence-corrected chi connectivity index (χ2v) is 4.84. The van der Waals surface area contributed by atoms with Crippen LogP contribution in [0, 0.1) is 0 Å². The van der Waals surface area contributed by atoms with Gasteiger partial charge in [0, 0.05) is 5.41 Å². The minimum atomic E-state index is -0.863. The maximum absolute atomic E-state index is 10.8. The minimum absolute atomic E-state index is 0.181. The van der Waals surface area contributed by atoms with Crippen molar-refractivity contribution in [1.29, 1.82) is 0 Å². The van der Waals surface area contributed by atoms with Crippen LogP contribution in [0.1, 0.15) is 41.6 Å². The SMILES string of the molecule is O=C(O)c1ccc(C2(CS)CCCC2)cc1. The van der Waals surface area contributed by atoms with Gasteiger partial charge in [-0.25, -0.2) is 4.79 Å². The summed E-state index contributed by atoms with van der Waals surface area (Å²) in [5.74, 6) is -0.0164.